The van der Waals surface area contributed by atoms with Crippen LogP contribution in [0.1, 0.15) is 63.5 Å². The van der Waals surface area contributed by atoms with Crippen LogP contribution in [0.2, 0.25) is 0 Å². The fourth-order valence-electron chi connectivity index (χ4n) is 4.58. The molecule has 178 valence electrons. The van der Waals surface area contributed by atoms with Crippen LogP contribution in [0.5, 0.6) is 0 Å². The second-order valence-electron chi connectivity index (χ2n) is 9.43. The highest BCUT2D eigenvalue weighted by atomic mass is 16.4. The van der Waals surface area contributed by atoms with E-state index in [1.807, 2.05) is 70.2 Å². The fourth-order valence-corrected chi connectivity index (χ4v) is 4.58. The van der Waals surface area contributed by atoms with E-state index in [4.69, 9.17) is 0 Å². The maximum absolute atomic E-state index is 12.9. The van der Waals surface area contributed by atoms with Crippen molar-refractivity contribution in [1.29, 1.82) is 0 Å². The third-order valence-corrected chi connectivity index (χ3v) is 6.34. The van der Waals surface area contributed by atoms with Gasteiger partial charge in [0.1, 0.15) is 0 Å². The van der Waals surface area contributed by atoms with Crippen LogP contribution in [0.15, 0.2) is 42.5 Å². The van der Waals surface area contributed by atoms with Crippen LogP contribution in [0.4, 0.5) is 21.9 Å². The van der Waals surface area contributed by atoms with E-state index in [1.54, 1.807) is 0 Å². The van der Waals surface area contributed by atoms with Crippen LogP contribution in [0.3, 0.4) is 0 Å². The van der Waals surface area contributed by atoms with Crippen LogP contribution in [-0.4, -0.2) is 40.4 Å². The molecular weight excluding hydrogens is 418 g/mol. The number of aliphatic carboxylic acids is 1. The van der Waals surface area contributed by atoms with E-state index >= 15 is 0 Å². The summed E-state index contributed by atoms with van der Waals surface area (Å²) < 4.78 is 0. The number of urea groups is 1. The number of carbonyl (C=O) groups is 2. The van der Waals surface area contributed by atoms with Crippen molar-refractivity contribution in [2.24, 2.45) is 0 Å². The van der Waals surface area contributed by atoms with Crippen molar-refractivity contribution in [3.8, 4) is 0 Å². The van der Waals surface area contributed by atoms with Crippen molar-refractivity contribution in [2.45, 2.75) is 70.9 Å². The van der Waals surface area contributed by atoms with E-state index in [0.29, 0.717) is 17.8 Å². The Kier molecular flexibility index (Phi) is 7.64. The zero-order valence-electron chi connectivity index (χ0n) is 19.9. The number of benzene rings is 2. The molecular formula is C26H35N3O4. The monoisotopic (exact) mass is 453 g/mol. The summed E-state index contributed by atoms with van der Waals surface area (Å²) in [6.07, 6.45) is 2.51. The van der Waals surface area contributed by atoms with Crippen LogP contribution < -0.4 is 15.5 Å². The second-order valence-corrected chi connectivity index (χ2v) is 9.43. The van der Waals surface area contributed by atoms with Gasteiger partial charge in [0.2, 0.25) is 0 Å². The summed E-state index contributed by atoms with van der Waals surface area (Å²) in [4.78, 5) is 26.3. The first-order chi connectivity index (χ1) is 15.6. The standard InChI is InChI=1S/C26H35N3O4/c1-5-18(16-24(30)31)19-10-13-22(29-14-6-7-23(29)26(3,4)33)21(15-19)28-25(32)27-20-11-8-17(2)9-12-20/h8-13,15,18,23,33H,5-7,14,16H2,1-4H3,(H,30,31)(H2,27,28,32)/t18-,23-/m0/s1. The van der Waals surface area contributed by atoms with Crippen molar-refractivity contribution >= 4 is 29.1 Å². The number of rotatable bonds is 8. The lowest BCUT2D eigenvalue weighted by molar-refractivity contribution is -0.137. The fraction of sp³-hybridized carbons (Fsp3) is 0.462. The number of aliphatic hydroxyl groups is 1. The van der Waals surface area contributed by atoms with Crippen molar-refractivity contribution in [3.05, 3.63) is 53.6 Å². The van der Waals surface area contributed by atoms with Gasteiger partial charge in [0.25, 0.3) is 0 Å². The molecule has 0 unspecified atom stereocenters. The van der Waals surface area contributed by atoms with Gasteiger partial charge >= 0.3 is 12.0 Å². The molecule has 0 bridgehead atoms. The van der Waals surface area contributed by atoms with Crippen molar-refractivity contribution < 1.29 is 19.8 Å². The lowest BCUT2D eigenvalue weighted by atomic mass is 9.92. The molecule has 0 aliphatic carbocycles. The maximum atomic E-state index is 12.9. The normalized spacial score (nSPS) is 17.0. The molecule has 2 amide bonds. The Labute approximate surface area is 195 Å². The van der Waals surface area contributed by atoms with E-state index in [9.17, 15) is 19.8 Å². The average molecular weight is 454 g/mol. The van der Waals surface area contributed by atoms with Gasteiger partial charge in [-0.3, -0.25) is 4.79 Å². The van der Waals surface area contributed by atoms with Crippen LogP contribution in [-0.2, 0) is 4.79 Å². The minimum atomic E-state index is -0.897. The first-order valence-corrected chi connectivity index (χ1v) is 11.6. The molecule has 7 heteroatoms. The molecule has 3 rings (SSSR count). The van der Waals surface area contributed by atoms with Gasteiger partial charge in [-0.15, -0.1) is 0 Å². The van der Waals surface area contributed by atoms with Crippen LogP contribution in [0.25, 0.3) is 0 Å². The molecule has 1 aliphatic rings. The summed E-state index contributed by atoms with van der Waals surface area (Å²) >= 11 is 0. The minimum Gasteiger partial charge on any atom is -0.481 e. The van der Waals surface area contributed by atoms with E-state index in [2.05, 4.69) is 15.5 Å². The number of carbonyl (C=O) groups excluding carboxylic acids is 1. The summed E-state index contributed by atoms with van der Waals surface area (Å²) in [5, 5.41) is 25.9. The molecule has 0 saturated carbocycles. The molecule has 33 heavy (non-hydrogen) atoms. The molecule has 2 aromatic rings. The number of amides is 2. The highest BCUT2D eigenvalue weighted by molar-refractivity contribution is 6.02. The van der Waals surface area contributed by atoms with Gasteiger partial charge in [-0.05, 0) is 75.8 Å². The molecule has 1 aliphatic heterocycles. The summed E-state index contributed by atoms with van der Waals surface area (Å²) in [5.41, 5.74) is 3.19. The summed E-state index contributed by atoms with van der Waals surface area (Å²) in [6.45, 7) is 8.33. The summed E-state index contributed by atoms with van der Waals surface area (Å²) in [7, 11) is 0. The zero-order chi connectivity index (χ0) is 24.2. The number of hydrogen-bond acceptors (Lipinski definition) is 4. The van der Waals surface area contributed by atoms with E-state index in [-0.39, 0.29) is 24.4 Å². The molecule has 7 nitrogen and oxygen atoms in total. The van der Waals surface area contributed by atoms with Crippen molar-refractivity contribution in [1.82, 2.24) is 0 Å². The van der Waals surface area contributed by atoms with Crippen molar-refractivity contribution in [2.75, 3.05) is 22.1 Å². The van der Waals surface area contributed by atoms with E-state index in [0.717, 1.165) is 36.2 Å². The quantitative estimate of drug-likeness (QED) is 0.432. The summed E-state index contributed by atoms with van der Waals surface area (Å²) in [6, 6.07) is 12.8. The molecule has 0 radical (unpaired) electrons. The number of anilines is 3. The molecule has 1 fully saturated rings. The lowest BCUT2D eigenvalue weighted by Crippen LogP contribution is -2.46. The first kappa shape index (κ1) is 24.6. The maximum Gasteiger partial charge on any atom is 0.323 e. The smallest absolute Gasteiger partial charge is 0.323 e. The molecule has 0 spiro atoms. The second kappa shape index (κ2) is 10.3. The Balaban J connectivity index is 1.94. The Hall–Kier alpha value is -3.06. The molecule has 0 aromatic heterocycles. The van der Waals surface area contributed by atoms with Gasteiger partial charge in [0.15, 0.2) is 0 Å². The minimum absolute atomic E-state index is 0.0286. The van der Waals surface area contributed by atoms with E-state index in [1.165, 1.54) is 0 Å². The van der Waals surface area contributed by atoms with E-state index < -0.39 is 11.6 Å². The van der Waals surface area contributed by atoms with Crippen LogP contribution >= 0.6 is 0 Å². The molecule has 4 N–H and O–H groups in total. The number of carboxylic acids is 1. The van der Waals surface area contributed by atoms with Gasteiger partial charge < -0.3 is 25.7 Å². The third-order valence-electron chi connectivity index (χ3n) is 6.34. The summed E-state index contributed by atoms with van der Waals surface area (Å²) in [5.74, 6) is -1.000. The SMILES string of the molecule is CC[C@@H](CC(=O)O)c1ccc(N2CCC[C@H]2C(C)(C)O)c(NC(=O)Nc2ccc(C)cc2)c1. The topological polar surface area (TPSA) is 102 Å². The van der Waals surface area contributed by atoms with Crippen LogP contribution in [0, 0.1) is 6.92 Å². The number of carboxylic acid groups (broad SMARTS) is 1. The van der Waals surface area contributed by atoms with Gasteiger partial charge in [-0.1, -0.05) is 30.7 Å². The highest BCUT2D eigenvalue weighted by Gasteiger charge is 2.37. The largest absolute Gasteiger partial charge is 0.481 e. The highest BCUT2D eigenvalue weighted by Crippen LogP contribution is 2.38. The van der Waals surface area contributed by atoms with Gasteiger partial charge in [0.05, 0.1) is 29.4 Å². The van der Waals surface area contributed by atoms with Gasteiger partial charge in [-0.25, -0.2) is 4.79 Å². The Morgan fingerprint density at radius 1 is 1.15 bits per heavy atom. The molecule has 2 atom stereocenters. The first-order valence-electron chi connectivity index (χ1n) is 11.6. The van der Waals surface area contributed by atoms with Crippen molar-refractivity contribution in [3.63, 3.8) is 0 Å². The van der Waals surface area contributed by atoms with Gasteiger partial charge in [0, 0.05) is 12.2 Å². The number of nitrogens with zero attached hydrogens (tertiary/aromatic N) is 1. The van der Waals surface area contributed by atoms with Gasteiger partial charge in [-0.2, -0.15) is 0 Å². The predicted molar refractivity (Wildman–Crippen MR) is 132 cm³/mol. The Morgan fingerprint density at radius 3 is 2.45 bits per heavy atom. The molecule has 1 heterocycles. The average Bonchev–Trinajstić information content (AvgIpc) is 3.24. The predicted octanol–water partition coefficient (Wildman–Crippen LogP) is 5.35. The molecule has 1 saturated heterocycles. The number of hydrogen-bond donors (Lipinski definition) is 4. The Bertz CT molecular complexity index is 982. The lowest BCUT2D eigenvalue weighted by Gasteiger charge is -2.36. The Morgan fingerprint density at radius 2 is 1.85 bits per heavy atom. The zero-order valence-corrected chi connectivity index (χ0v) is 19.9. The molecule has 2 aromatic carbocycles. The number of aryl methyl sites for hydroxylation is 1. The third kappa shape index (κ3) is 6.26. The number of nitrogens with one attached hydrogen (secondary N) is 2.